The van der Waals surface area contributed by atoms with Crippen LogP contribution in [0.5, 0.6) is 0 Å². The third-order valence-corrected chi connectivity index (χ3v) is 4.98. The van der Waals surface area contributed by atoms with Crippen molar-refractivity contribution in [1.82, 2.24) is 9.80 Å². The summed E-state index contributed by atoms with van der Waals surface area (Å²) in [4.78, 5) is 4.59. The predicted molar refractivity (Wildman–Crippen MR) is 93.9 cm³/mol. The lowest BCUT2D eigenvalue weighted by Crippen LogP contribution is -2.46. The van der Waals surface area contributed by atoms with E-state index in [2.05, 4.69) is 9.80 Å². The average molecular weight is 352 g/mol. The molecule has 1 atom stereocenters. The van der Waals surface area contributed by atoms with Crippen molar-refractivity contribution >= 4 is 0 Å². The smallest absolute Gasteiger partial charge is 0.123 e. The van der Waals surface area contributed by atoms with Crippen LogP contribution in [-0.2, 0) is 16.1 Å². The molecule has 0 bridgehead atoms. The van der Waals surface area contributed by atoms with Gasteiger partial charge in [-0.05, 0) is 30.5 Å². The van der Waals surface area contributed by atoms with E-state index in [0.29, 0.717) is 6.61 Å². The van der Waals surface area contributed by atoms with E-state index in [4.69, 9.17) is 9.47 Å². The molecule has 6 heteroatoms. The second-order valence-corrected chi connectivity index (χ2v) is 7.00. The summed E-state index contributed by atoms with van der Waals surface area (Å²) in [5.74, 6) is -0.215. The highest BCUT2D eigenvalue weighted by molar-refractivity contribution is 5.15. The van der Waals surface area contributed by atoms with Crippen molar-refractivity contribution in [3.63, 3.8) is 0 Å². The van der Waals surface area contributed by atoms with Crippen LogP contribution in [0.3, 0.4) is 0 Å². The van der Waals surface area contributed by atoms with Crippen LogP contribution in [-0.4, -0.2) is 79.6 Å². The molecule has 2 aliphatic heterocycles. The maximum absolute atomic E-state index is 12.9. The first kappa shape index (κ1) is 18.7. The first-order valence-corrected chi connectivity index (χ1v) is 9.25. The highest BCUT2D eigenvalue weighted by Gasteiger charge is 2.23. The Labute approximate surface area is 149 Å². The minimum atomic E-state index is -0.310. The van der Waals surface area contributed by atoms with E-state index in [9.17, 15) is 9.50 Å². The number of morpholine rings is 1. The summed E-state index contributed by atoms with van der Waals surface area (Å²) < 4.78 is 24.2. The average Bonchev–Trinajstić information content (AvgIpc) is 2.63. The standard InChI is InChI=1S/C19H29FN2O3/c20-17-3-1-16(2-4-17)15-25-19-5-7-21(8-6-19)13-18(23)14-22-9-11-24-12-10-22/h1-4,18-19,23H,5-15H2. The zero-order valence-electron chi connectivity index (χ0n) is 14.8. The second-order valence-electron chi connectivity index (χ2n) is 7.00. The van der Waals surface area contributed by atoms with Gasteiger partial charge in [0.25, 0.3) is 0 Å². The Morgan fingerprint density at radius 3 is 2.28 bits per heavy atom. The largest absolute Gasteiger partial charge is 0.390 e. The maximum Gasteiger partial charge on any atom is 0.123 e. The number of rotatable bonds is 7. The van der Waals surface area contributed by atoms with Crippen molar-refractivity contribution in [2.45, 2.75) is 31.7 Å². The number of nitrogens with zero attached hydrogens (tertiary/aromatic N) is 2. The van der Waals surface area contributed by atoms with E-state index in [0.717, 1.165) is 70.9 Å². The molecule has 0 aliphatic carbocycles. The zero-order valence-corrected chi connectivity index (χ0v) is 14.8. The van der Waals surface area contributed by atoms with Gasteiger partial charge in [0.05, 0.1) is 32.0 Å². The predicted octanol–water partition coefficient (Wildman–Crippen LogP) is 1.50. The van der Waals surface area contributed by atoms with Gasteiger partial charge in [-0.25, -0.2) is 4.39 Å². The molecule has 0 amide bonds. The molecule has 2 aliphatic rings. The summed E-state index contributed by atoms with van der Waals surface area (Å²) in [5.41, 5.74) is 1.00. The minimum absolute atomic E-state index is 0.215. The molecule has 1 N–H and O–H groups in total. The van der Waals surface area contributed by atoms with Crippen LogP contribution in [0.4, 0.5) is 4.39 Å². The van der Waals surface area contributed by atoms with Crippen LogP contribution < -0.4 is 0 Å². The zero-order chi connectivity index (χ0) is 17.5. The van der Waals surface area contributed by atoms with Gasteiger partial charge < -0.3 is 19.5 Å². The van der Waals surface area contributed by atoms with Crippen molar-refractivity contribution in [2.75, 3.05) is 52.5 Å². The van der Waals surface area contributed by atoms with Crippen LogP contribution in [0, 0.1) is 5.82 Å². The SMILES string of the molecule is OC(CN1CCOCC1)CN1CCC(OCc2ccc(F)cc2)CC1. The third-order valence-electron chi connectivity index (χ3n) is 4.98. The number of hydrogen-bond acceptors (Lipinski definition) is 5. The normalized spacial score (nSPS) is 22.2. The number of aliphatic hydroxyl groups excluding tert-OH is 1. The van der Waals surface area contributed by atoms with Crippen LogP contribution in [0.2, 0.25) is 0 Å². The number of halogens is 1. The molecule has 1 aromatic rings. The van der Waals surface area contributed by atoms with Gasteiger partial charge in [-0.1, -0.05) is 12.1 Å². The van der Waals surface area contributed by atoms with Crippen molar-refractivity contribution in [2.24, 2.45) is 0 Å². The van der Waals surface area contributed by atoms with Gasteiger partial charge in [0, 0.05) is 39.3 Å². The van der Waals surface area contributed by atoms with E-state index in [1.807, 2.05) is 0 Å². The van der Waals surface area contributed by atoms with Crippen molar-refractivity contribution in [1.29, 1.82) is 0 Å². The number of β-amino-alcohol motifs (C(OH)–C–C–N with tert-alkyl or cyclic N) is 1. The number of benzene rings is 1. The molecule has 2 fully saturated rings. The molecular weight excluding hydrogens is 323 g/mol. The topological polar surface area (TPSA) is 45.2 Å². The summed E-state index contributed by atoms with van der Waals surface area (Å²) in [7, 11) is 0. The second kappa shape index (κ2) is 9.59. The Kier molecular flexibility index (Phi) is 7.19. The van der Waals surface area contributed by atoms with Crippen LogP contribution in [0.25, 0.3) is 0 Å². The number of hydrogen-bond donors (Lipinski definition) is 1. The van der Waals surface area contributed by atoms with E-state index in [1.54, 1.807) is 12.1 Å². The summed E-state index contributed by atoms with van der Waals surface area (Å²) in [6, 6.07) is 6.48. The molecule has 0 spiro atoms. The van der Waals surface area contributed by atoms with Gasteiger partial charge in [-0.3, -0.25) is 4.90 Å². The minimum Gasteiger partial charge on any atom is -0.390 e. The van der Waals surface area contributed by atoms with Crippen molar-refractivity contribution in [3.8, 4) is 0 Å². The Hall–Kier alpha value is -1.05. The summed E-state index contributed by atoms with van der Waals surface area (Å²) in [5, 5.41) is 10.3. The molecule has 1 aromatic carbocycles. The molecule has 140 valence electrons. The summed E-state index contributed by atoms with van der Waals surface area (Å²) in [6.45, 7) is 7.25. The molecule has 2 saturated heterocycles. The molecule has 0 saturated carbocycles. The molecular formula is C19H29FN2O3. The first-order valence-electron chi connectivity index (χ1n) is 9.25. The van der Waals surface area contributed by atoms with Gasteiger partial charge in [-0.2, -0.15) is 0 Å². The van der Waals surface area contributed by atoms with E-state index >= 15 is 0 Å². The lowest BCUT2D eigenvalue weighted by molar-refractivity contribution is -0.0203. The van der Waals surface area contributed by atoms with E-state index < -0.39 is 0 Å². The fourth-order valence-corrected chi connectivity index (χ4v) is 3.49. The molecule has 0 radical (unpaired) electrons. The number of aliphatic hydroxyl groups is 1. The lowest BCUT2D eigenvalue weighted by Gasteiger charge is -2.35. The lowest BCUT2D eigenvalue weighted by atomic mass is 10.1. The van der Waals surface area contributed by atoms with Gasteiger partial charge >= 0.3 is 0 Å². The van der Waals surface area contributed by atoms with Crippen LogP contribution in [0.15, 0.2) is 24.3 Å². The van der Waals surface area contributed by atoms with Crippen LogP contribution in [0.1, 0.15) is 18.4 Å². The molecule has 25 heavy (non-hydrogen) atoms. The Morgan fingerprint density at radius 1 is 1.04 bits per heavy atom. The maximum atomic E-state index is 12.9. The highest BCUT2D eigenvalue weighted by atomic mass is 19.1. The van der Waals surface area contributed by atoms with E-state index in [1.165, 1.54) is 12.1 Å². The molecule has 5 nitrogen and oxygen atoms in total. The third kappa shape index (κ3) is 6.31. The number of piperidine rings is 1. The summed E-state index contributed by atoms with van der Waals surface area (Å²) >= 11 is 0. The molecule has 0 aromatic heterocycles. The number of likely N-dealkylation sites (tertiary alicyclic amines) is 1. The first-order chi connectivity index (χ1) is 12.2. The van der Waals surface area contributed by atoms with Gasteiger partial charge in [0.2, 0.25) is 0 Å². The molecule has 2 heterocycles. The summed E-state index contributed by atoms with van der Waals surface area (Å²) in [6.07, 6.45) is 1.89. The fraction of sp³-hybridized carbons (Fsp3) is 0.684. The monoisotopic (exact) mass is 352 g/mol. The van der Waals surface area contributed by atoms with Crippen molar-refractivity contribution < 1.29 is 19.0 Å². The van der Waals surface area contributed by atoms with Crippen molar-refractivity contribution in [3.05, 3.63) is 35.6 Å². The molecule has 3 rings (SSSR count). The molecule has 1 unspecified atom stereocenters. The quantitative estimate of drug-likeness (QED) is 0.806. The Balaban J connectivity index is 1.31. The Bertz CT molecular complexity index is 500. The Morgan fingerprint density at radius 2 is 1.64 bits per heavy atom. The highest BCUT2D eigenvalue weighted by Crippen LogP contribution is 2.16. The van der Waals surface area contributed by atoms with Crippen LogP contribution >= 0.6 is 0 Å². The van der Waals surface area contributed by atoms with Gasteiger partial charge in [0.15, 0.2) is 0 Å². The van der Waals surface area contributed by atoms with E-state index in [-0.39, 0.29) is 18.0 Å². The van der Waals surface area contributed by atoms with Gasteiger partial charge in [-0.15, -0.1) is 0 Å². The van der Waals surface area contributed by atoms with Gasteiger partial charge in [0.1, 0.15) is 5.82 Å². The number of ether oxygens (including phenoxy) is 2. The fourth-order valence-electron chi connectivity index (χ4n) is 3.49.